The summed E-state index contributed by atoms with van der Waals surface area (Å²) in [6.07, 6.45) is 6.46. The molecule has 0 amide bonds. The molecule has 1 rings (SSSR count). The first-order chi connectivity index (χ1) is 4.93. The monoisotopic (exact) mass is 154 g/mol. The standard InChI is InChI=1S/C8H14OSi/c1-2-3-7-10-8-5-4-6-9-10/h2-3,7,10H,1,4-6,8H2. The van der Waals surface area contributed by atoms with Gasteiger partial charge in [-0.05, 0) is 12.5 Å². The van der Waals surface area contributed by atoms with Crippen LogP contribution in [0.15, 0.2) is 24.4 Å². The van der Waals surface area contributed by atoms with E-state index in [-0.39, 0.29) is 0 Å². The largest absolute Gasteiger partial charge is 0.416 e. The highest BCUT2D eigenvalue weighted by Gasteiger charge is 2.11. The summed E-state index contributed by atoms with van der Waals surface area (Å²) in [5.74, 6) is 0. The summed E-state index contributed by atoms with van der Waals surface area (Å²) >= 11 is 0. The molecule has 0 aliphatic carbocycles. The first-order valence-corrected chi connectivity index (χ1v) is 5.80. The van der Waals surface area contributed by atoms with Crippen LogP contribution in [0.1, 0.15) is 12.8 Å². The van der Waals surface area contributed by atoms with Gasteiger partial charge in [-0.1, -0.05) is 30.9 Å². The minimum Gasteiger partial charge on any atom is -0.416 e. The molecular formula is C8H14OSi. The molecule has 1 atom stereocenters. The molecule has 0 saturated carbocycles. The maximum Gasteiger partial charge on any atom is 0.201 e. The summed E-state index contributed by atoms with van der Waals surface area (Å²) in [5, 5.41) is 0. The van der Waals surface area contributed by atoms with Crippen molar-refractivity contribution in [2.24, 2.45) is 0 Å². The highest BCUT2D eigenvalue weighted by Crippen LogP contribution is 2.11. The first kappa shape index (κ1) is 7.76. The molecule has 1 aliphatic rings. The lowest BCUT2D eigenvalue weighted by Crippen LogP contribution is -2.20. The second kappa shape index (κ2) is 4.47. The summed E-state index contributed by atoms with van der Waals surface area (Å²) in [6, 6.07) is 1.31. The highest BCUT2D eigenvalue weighted by molar-refractivity contribution is 6.57. The Morgan fingerprint density at radius 3 is 2.90 bits per heavy atom. The fraction of sp³-hybridized carbons (Fsp3) is 0.500. The molecule has 0 N–H and O–H groups in total. The number of allylic oxidation sites excluding steroid dienone is 2. The van der Waals surface area contributed by atoms with E-state index in [1.54, 1.807) is 0 Å². The lowest BCUT2D eigenvalue weighted by atomic mass is 10.4. The van der Waals surface area contributed by atoms with Crippen LogP contribution < -0.4 is 0 Å². The van der Waals surface area contributed by atoms with E-state index in [2.05, 4.69) is 12.3 Å². The van der Waals surface area contributed by atoms with E-state index in [9.17, 15) is 0 Å². The van der Waals surface area contributed by atoms with Crippen molar-refractivity contribution in [2.45, 2.75) is 18.9 Å². The molecule has 0 radical (unpaired) electrons. The Morgan fingerprint density at radius 2 is 2.30 bits per heavy atom. The van der Waals surface area contributed by atoms with Crippen LogP contribution in [0.4, 0.5) is 0 Å². The van der Waals surface area contributed by atoms with Crippen LogP contribution in [-0.4, -0.2) is 15.6 Å². The number of rotatable bonds is 2. The van der Waals surface area contributed by atoms with Gasteiger partial charge in [0.15, 0.2) is 0 Å². The predicted molar refractivity (Wildman–Crippen MR) is 46.5 cm³/mol. The van der Waals surface area contributed by atoms with E-state index in [0.717, 1.165) is 6.61 Å². The van der Waals surface area contributed by atoms with Crippen LogP contribution in [-0.2, 0) is 4.43 Å². The summed E-state index contributed by atoms with van der Waals surface area (Å²) in [4.78, 5) is 0. The van der Waals surface area contributed by atoms with Gasteiger partial charge in [0.1, 0.15) is 0 Å². The Kier molecular flexibility index (Phi) is 3.47. The molecule has 1 unspecified atom stereocenters. The van der Waals surface area contributed by atoms with Crippen molar-refractivity contribution < 1.29 is 4.43 Å². The van der Waals surface area contributed by atoms with Crippen molar-refractivity contribution in [1.29, 1.82) is 0 Å². The molecule has 0 aromatic rings. The quantitative estimate of drug-likeness (QED) is 0.435. The lowest BCUT2D eigenvalue weighted by molar-refractivity contribution is 0.294. The van der Waals surface area contributed by atoms with Crippen molar-refractivity contribution in [3.05, 3.63) is 24.4 Å². The first-order valence-electron chi connectivity index (χ1n) is 3.84. The SMILES string of the molecule is C=CC=C[SiH]1CCCCO1. The van der Waals surface area contributed by atoms with Gasteiger partial charge >= 0.3 is 0 Å². The maximum absolute atomic E-state index is 5.58. The van der Waals surface area contributed by atoms with Gasteiger partial charge in [0.05, 0.1) is 0 Å². The second-order valence-corrected chi connectivity index (χ2v) is 4.90. The minimum absolute atomic E-state index is 0.896. The van der Waals surface area contributed by atoms with Crippen LogP contribution in [0.5, 0.6) is 0 Å². The van der Waals surface area contributed by atoms with Gasteiger partial charge in [-0.15, -0.1) is 0 Å². The average molecular weight is 154 g/mol. The third kappa shape index (κ3) is 2.50. The molecule has 1 saturated heterocycles. The van der Waals surface area contributed by atoms with Gasteiger partial charge in [-0.25, -0.2) is 0 Å². The average Bonchev–Trinajstić information content (AvgIpc) is 2.03. The molecule has 2 heteroatoms. The maximum atomic E-state index is 5.58. The van der Waals surface area contributed by atoms with Crippen LogP contribution >= 0.6 is 0 Å². The summed E-state index contributed by atoms with van der Waals surface area (Å²) in [5.41, 5.74) is 2.21. The zero-order chi connectivity index (χ0) is 7.23. The van der Waals surface area contributed by atoms with Gasteiger partial charge in [0.2, 0.25) is 9.04 Å². The molecule has 0 spiro atoms. The van der Waals surface area contributed by atoms with Gasteiger partial charge < -0.3 is 4.43 Å². The fourth-order valence-corrected chi connectivity index (χ4v) is 3.16. The fourth-order valence-electron chi connectivity index (χ4n) is 1.12. The zero-order valence-electron chi connectivity index (χ0n) is 6.25. The van der Waals surface area contributed by atoms with Crippen LogP contribution in [0.2, 0.25) is 6.04 Å². The summed E-state index contributed by atoms with van der Waals surface area (Å²) in [6.45, 7) is 4.61. The van der Waals surface area contributed by atoms with Crippen LogP contribution in [0.3, 0.4) is 0 Å². The Morgan fingerprint density at radius 1 is 1.40 bits per heavy atom. The van der Waals surface area contributed by atoms with E-state index in [4.69, 9.17) is 4.43 Å². The molecule has 1 heterocycles. The number of hydrogen-bond donors (Lipinski definition) is 0. The zero-order valence-corrected chi connectivity index (χ0v) is 7.41. The number of hydrogen-bond acceptors (Lipinski definition) is 1. The van der Waals surface area contributed by atoms with E-state index < -0.39 is 9.04 Å². The molecule has 56 valence electrons. The third-order valence-electron chi connectivity index (χ3n) is 1.68. The van der Waals surface area contributed by atoms with Gasteiger partial charge in [-0.3, -0.25) is 0 Å². The van der Waals surface area contributed by atoms with Crippen molar-refractivity contribution in [1.82, 2.24) is 0 Å². The third-order valence-corrected chi connectivity index (χ3v) is 3.97. The molecular weight excluding hydrogens is 140 g/mol. The van der Waals surface area contributed by atoms with Crippen molar-refractivity contribution >= 4 is 9.04 Å². The van der Waals surface area contributed by atoms with Crippen molar-refractivity contribution in [3.63, 3.8) is 0 Å². The topological polar surface area (TPSA) is 9.23 Å². The predicted octanol–water partition coefficient (Wildman–Crippen LogP) is 1.80. The van der Waals surface area contributed by atoms with Crippen molar-refractivity contribution in [3.8, 4) is 0 Å². The van der Waals surface area contributed by atoms with E-state index in [0.29, 0.717) is 0 Å². The molecule has 0 aromatic heterocycles. The molecule has 1 nitrogen and oxygen atoms in total. The van der Waals surface area contributed by atoms with E-state index in [1.165, 1.54) is 18.9 Å². The van der Waals surface area contributed by atoms with E-state index in [1.807, 2.05) is 12.2 Å². The Balaban J connectivity index is 2.25. The Labute approximate surface area is 64.1 Å². The van der Waals surface area contributed by atoms with Crippen LogP contribution in [0, 0.1) is 0 Å². The smallest absolute Gasteiger partial charge is 0.201 e. The summed E-state index contributed by atoms with van der Waals surface area (Å²) < 4.78 is 5.58. The molecule has 0 bridgehead atoms. The Bertz CT molecular complexity index is 125. The molecule has 10 heavy (non-hydrogen) atoms. The van der Waals surface area contributed by atoms with Crippen LogP contribution in [0.25, 0.3) is 0 Å². The lowest BCUT2D eigenvalue weighted by Gasteiger charge is -2.17. The summed E-state index contributed by atoms with van der Waals surface area (Å²) in [7, 11) is -0.896. The van der Waals surface area contributed by atoms with E-state index >= 15 is 0 Å². The highest BCUT2D eigenvalue weighted by atomic mass is 28.3. The van der Waals surface area contributed by atoms with Crippen molar-refractivity contribution in [2.75, 3.05) is 6.61 Å². The van der Waals surface area contributed by atoms with Gasteiger partial charge in [0.25, 0.3) is 0 Å². The molecule has 0 aromatic carbocycles. The normalized spacial score (nSPS) is 27.0. The molecule has 1 fully saturated rings. The van der Waals surface area contributed by atoms with Gasteiger partial charge in [0, 0.05) is 6.61 Å². The van der Waals surface area contributed by atoms with Gasteiger partial charge in [-0.2, -0.15) is 0 Å². The second-order valence-electron chi connectivity index (χ2n) is 2.53. The Hall–Kier alpha value is -0.343. The minimum atomic E-state index is -0.896. The molecule has 1 aliphatic heterocycles.